The van der Waals surface area contributed by atoms with E-state index in [0.717, 1.165) is 12.8 Å². The Morgan fingerprint density at radius 1 is 1.20 bits per heavy atom. The van der Waals surface area contributed by atoms with Crippen LogP contribution < -0.4 is 10.6 Å². The predicted molar refractivity (Wildman–Crippen MR) is 65.3 cm³/mol. The van der Waals surface area contributed by atoms with Crippen LogP contribution in [0.2, 0.25) is 0 Å². The Morgan fingerprint density at radius 2 is 1.80 bits per heavy atom. The highest BCUT2D eigenvalue weighted by molar-refractivity contribution is 5.76. The Morgan fingerprint density at radius 3 is 2.30 bits per heavy atom. The van der Waals surface area contributed by atoms with E-state index in [4.69, 9.17) is 5.11 Å². The van der Waals surface area contributed by atoms with Crippen LogP contribution in [0.5, 0.6) is 0 Å². The fourth-order valence-electron chi connectivity index (χ4n) is 2.46. The molecule has 0 saturated heterocycles. The molecule has 0 aliphatic heterocycles. The maximum atomic E-state index is 11.9. The lowest BCUT2D eigenvalue weighted by Crippen LogP contribution is -2.51. The van der Waals surface area contributed by atoms with E-state index in [2.05, 4.69) is 10.6 Å². The van der Waals surface area contributed by atoms with Gasteiger partial charge in [-0.05, 0) is 19.3 Å². The molecule has 0 aromatic rings. The number of carboxylic acid groups (broad SMARTS) is 1. The highest BCUT2D eigenvalue weighted by Crippen LogP contribution is 2.32. The second-order valence-corrected chi connectivity index (χ2v) is 5.16. The number of carboxylic acids is 1. The first kappa shape index (κ1) is 16.6. The normalized spacial score (nSPS) is 17.8. The van der Waals surface area contributed by atoms with Crippen molar-refractivity contribution in [2.75, 3.05) is 6.54 Å². The molecule has 1 aliphatic rings. The molecule has 5 nitrogen and oxygen atoms in total. The maximum absolute atomic E-state index is 11.9. The summed E-state index contributed by atoms with van der Waals surface area (Å²) in [5, 5.41) is 13.8. The minimum atomic E-state index is -4.23. The zero-order valence-corrected chi connectivity index (χ0v) is 11.1. The van der Waals surface area contributed by atoms with Gasteiger partial charge in [0.25, 0.3) is 0 Å². The number of hydrogen-bond acceptors (Lipinski definition) is 2. The summed E-state index contributed by atoms with van der Waals surface area (Å²) in [4.78, 5) is 22.4. The van der Waals surface area contributed by atoms with Gasteiger partial charge in [0.2, 0.25) is 0 Å². The third-order valence-electron chi connectivity index (χ3n) is 3.35. The zero-order chi connectivity index (χ0) is 15.2. The SMILES string of the molecule is O=C(O)CC1(NC(=O)NCCCC(F)(F)F)CCCC1. The van der Waals surface area contributed by atoms with Crippen LogP contribution in [0.3, 0.4) is 0 Å². The fourth-order valence-corrected chi connectivity index (χ4v) is 2.46. The standard InChI is InChI=1S/C12H19F3N2O3/c13-12(14,15)6-3-7-16-10(20)17-11(8-9(18)19)4-1-2-5-11/h1-8H2,(H,18,19)(H2,16,17,20). The van der Waals surface area contributed by atoms with Gasteiger partial charge in [0.1, 0.15) is 0 Å². The van der Waals surface area contributed by atoms with Crippen molar-refractivity contribution in [3.63, 3.8) is 0 Å². The van der Waals surface area contributed by atoms with Gasteiger partial charge >= 0.3 is 18.2 Å². The van der Waals surface area contributed by atoms with Crippen molar-refractivity contribution in [2.45, 2.75) is 56.7 Å². The van der Waals surface area contributed by atoms with Crippen molar-refractivity contribution in [1.82, 2.24) is 10.6 Å². The first-order valence-electron chi connectivity index (χ1n) is 6.57. The molecule has 116 valence electrons. The van der Waals surface area contributed by atoms with Gasteiger partial charge in [-0.2, -0.15) is 13.2 Å². The highest BCUT2D eigenvalue weighted by Gasteiger charge is 2.37. The Bertz CT molecular complexity index is 352. The summed E-state index contributed by atoms with van der Waals surface area (Å²) in [6, 6.07) is -0.602. The van der Waals surface area contributed by atoms with Crippen molar-refractivity contribution in [3.8, 4) is 0 Å². The maximum Gasteiger partial charge on any atom is 0.389 e. The predicted octanol–water partition coefficient (Wildman–Crippen LogP) is 2.42. The molecular weight excluding hydrogens is 277 g/mol. The highest BCUT2D eigenvalue weighted by atomic mass is 19.4. The smallest absolute Gasteiger partial charge is 0.389 e. The summed E-state index contributed by atoms with van der Waals surface area (Å²) in [6.07, 6.45) is -2.71. The van der Waals surface area contributed by atoms with Crippen molar-refractivity contribution in [2.24, 2.45) is 0 Å². The molecule has 0 spiro atoms. The molecular formula is C12H19F3N2O3. The average Bonchev–Trinajstić information content (AvgIpc) is 2.70. The number of halogens is 3. The number of rotatable bonds is 6. The summed E-state index contributed by atoms with van der Waals surface area (Å²) < 4.78 is 35.8. The third kappa shape index (κ3) is 6.12. The number of aliphatic carboxylic acids is 1. The van der Waals surface area contributed by atoms with E-state index in [9.17, 15) is 22.8 Å². The molecule has 8 heteroatoms. The number of nitrogens with one attached hydrogen (secondary N) is 2. The van der Waals surface area contributed by atoms with Gasteiger partial charge in [0.15, 0.2) is 0 Å². The Kier molecular flexibility index (Phi) is 5.64. The number of amides is 2. The number of alkyl halides is 3. The largest absolute Gasteiger partial charge is 0.481 e. The van der Waals surface area contributed by atoms with E-state index in [1.54, 1.807) is 0 Å². The molecule has 0 heterocycles. The Balaban J connectivity index is 2.34. The third-order valence-corrected chi connectivity index (χ3v) is 3.35. The van der Waals surface area contributed by atoms with Crippen LogP contribution in [-0.2, 0) is 4.79 Å². The van der Waals surface area contributed by atoms with Gasteiger partial charge < -0.3 is 15.7 Å². The minimum Gasteiger partial charge on any atom is -0.481 e. The van der Waals surface area contributed by atoms with Crippen LogP contribution in [0, 0.1) is 0 Å². The van der Waals surface area contributed by atoms with E-state index < -0.39 is 30.1 Å². The molecule has 0 bridgehead atoms. The molecule has 2 amide bonds. The van der Waals surface area contributed by atoms with Crippen LogP contribution in [-0.4, -0.2) is 35.4 Å². The molecule has 0 unspecified atom stereocenters. The van der Waals surface area contributed by atoms with Gasteiger partial charge in [0, 0.05) is 13.0 Å². The van der Waals surface area contributed by atoms with Gasteiger partial charge in [0.05, 0.1) is 12.0 Å². The van der Waals surface area contributed by atoms with Gasteiger partial charge in [-0.25, -0.2) is 4.79 Å². The lowest BCUT2D eigenvalue weighted by atomic mass is 9.93. The molecule has 1 rings (SSSR count). The monoisotopic (exact) mass is 296 g/mol. The summed E-state index contributed by atoms with van der Waals surface area (Å²) in [7, 11) is 0. The summed E-state index contributed by atoms with van der Waals surface area (Å²) >= 11 is 0. The molecule has 0 atom stereocenters. The van der Waals surface area contributed by atoms with Crippen LogP contribution in [0.15, 0.2) is 0 Å². The van der Waals surface area contributed by atoms with Crippen LogP contribution in [0.4, 0.5) is 18.0 Å². The van der Waals surface area contributed by atoms with Crippen molar-refractivity contribution < 1.29 is 27.9 Å². The molecule has 1 fully saturated rings. The van der Waals surface area contributed by atoms with Crippen LogP contribution >= 0.6 is 0 Å². The van der Waals surface area contributed by atoms with E-state index in [1.807, 2.05) is 0 Å². The van der Waals surface area contributed by atoms with Crippen LogP contribution in [0.1, 0.15) is 44.9 Å². The molecule has 0 radical (unpaired) electrons. The van der Waals surface area contributed by atoms with E-state index in [1.165, 1.54) is 0 Å². The van der Waals surface area contributed by atoms with Crippen LogP contribution in [0.25, 0.3) is 0 Å². The molecule has 1 saturated carbocycles. The molecule has 1 aliphatic carbocycles. The molecule has 0 aromatic carbocycles. The van der Waals surface area contributed by atoms with Gasteiger partial charge in [-0.3, -0.25) is 4.79 Å². The second kappa shape index (κ2) is 6.81. The molecule has 20 heavy (non-hydrogen) atoms. The van der Waals surface area contributed by atoms with E-state index >= 15 is 0 Å². The number of urea groups is 1. The second-order valence-electron chi connectivity index (χ2n) is 5.16. The number of hydrogen-bond donors (Lipinski definition) is 3. The topological polar surface area (TPSA) is 78.4 Å². The first-order valence-corrected chi connectivity index (χ1v) is 6.57. The van der Waals surface area contributed by atoms with E-state index in [0.29, 0.717) is 12.8 Å². The van der Waals surface area contributed by atoms with Gasteiger partial charge in [-0.1, -0.05) is 12.8 Å². The first-order chi connectivity index (χ1) is 9.22. The lowest BCUT2D eigenvalue weighted by molar-refractivity contribution is -0.138. The van der Waals surface area contributed by atoms with Gasteiger partial charge in [-0.15, -0.1) is 0 Å². The minimum absolute atomic E-state index is 0.0888. The Hall–Kier alpha value is -1.47. The van der Waals surface area contributed by atoms with E-state index in [-0.39, 0.29) is 19.4 Å². The number of carbonyl (C=O) groups is 2. The summed E-state index contributed by atoms with van der Waals surface area (Å²) in [6.45, 7) is -0.0888. The molecule has 0 aromatic heterocycles. The lowest BCUT2D eigenvalue weighted by Gasteiger charge is -2.28. The number of carbonyl (C=O) groups excluding carboxylic acids is 1. The quantitative estimate of drug-likeness (QED) is 0.659. The fraction of sp³-hybridized carbons (Fsp3) is 0.833. The Labute approximate surface area is 114 Å². The summed E-state index contributed by atoms with van der Waals surface area (Å²) in [5.74, 6) is -0.996. The molecule has 3 N–H and O–H groups in total. The summed E-state index contributed by atoms with van der Waals surface area (Å²) in [5.41, 5.74) is -0.764. The zero-order valence-electron chi connectivity index (χ0n) is 11.1. The van der Waals surface area contributed by atoms with Crippen molar-refractivity contribution in [1.29, 1.82) is 0 Å². The van der Waals surface area contributed by atoms with Crippen molar-refractivity contribution in [3.05, 3.63) is 0 Å². The van der Waals surface area contributed by atoms with Crippen molar-refractivity contribution >= 4 is 12.0 Å². The average molecular weight is 296 g/mol.